The quantitative estimate of drug-likeness (QED) is 0.789. The van der Waals surface area contributed by atoms with Crippen molar-refractivity contribution in [2.75, 3.05) is 25.6 Å². The van der Waals surface area contributed by atoms with E-state index >= 15 is 0 Å². The van der Waals surface area contributed by atoms with E-state index in [1.807, 2.05) is 7.05 Å². The molecule has 2 aliphatic rings. The lowest BCUT2D eigenvalue weighted by molar-refractivity contribution is -0.116. The Morgan fingerprint density at radius 2 is 2.03 bits per heavy atom. The largest absolute Gasteiger partial charge is 0.497 e. The second-order valence-corrected chi connectivity index (χ2v) is 7.49. The van der Waals surface area contributed by atoms with Crippen LogP contribution in [0.1, 0.15) is 43.4 Å². The maximum Gasteiger partial charge on any atom is 0.236 e. The second kappa shape index (κ2) is 9.65. The number of ether oxygens (including phenoxy) is 1. The van der Waals surface area contributed by atoms with Crippen LogP contribution in [0, 0.1) is 0 Å². The molecule has 1 fully saturated rings. The van der Waals surface area contributed by atoms with E-state index < -0.39 is 0 Å². The molecular formula is C21H29N5O3. The number of pyridine rings is 1. The molecular weight excluding hydrogens is 370 g/mol. The predicted molar refractivity (Wildman–Crippen MR) is 111 cm³/mol. The zero-order chi connectivity index (χ0) is 20.8. The highest BCUT2D eigenvalue weighted by Crippen LogP contribution is 2.31. The molecule has 0 saturated heterocycles. The predicted octanol–water partition coefficient (Wildman–Crippen LogP) is 1.88. The molecule has 8 nitrogen and oxygen atoms in total. The van der Waals surface area contributed by atoms with Crippen LogP contribution in [0.5, 0.6) is 5.75 Å². The number of methoxy groups -OCH3 is 1. The molecule has 2 aromatic rings. The first-order valence-electron chi connectivity index (χ1n) is 10.1. The van der Waals surface area contributed by atoms with E-state index in [-0.39, 0.29) is 18.6 Å². The lowest BCUT2D eigenvalue weighted by atomic mass is 10.2. The minimum absolute atomic E-state index is 0.0463. The van der Waals surface area contributed by atoms with Gasteiger partial charge in [-0.25, -0.2) is 9.97 Å². The molecule has 2 aliphatic carbocycles. The van der Waals surface area contributed by atoms with E-state index in [2.05, 4.69) is 15.0 Å². The minimum atomic E-state index is -0.390. The van der Waals surface area contributed by atoms with Gasteiger partial charge in [-0.15, -0.1) is 0 Å². The van der Waals surface area contributed by atoms with Crippen molar-refractivity contribution in [3.63, 3.8) is 0 Å². The Labute approximate surface area is 171 Å². The van der Waals surface area contributed by atoms with Crippen LogP contribution >= 0.6 is 0 Å². The first-order chi connectivity index (χ1) is 14.0. The maximum absolute atomic E-state index is 11.2. The molecule has 0 atom stereocenters. The van der Waals surface area contributed by atoms with Gasteiger partial charge in [0, 0.05) is 30.6 Å². The highest BCUT2D eigenvalue weighted by Gasteiger charge is 2.23. The second-order valence-electron chi connectivity index (χ2n) is 7.49. The molecule has 2 heterocycles. The van der Waals surface area contributed by atoms with Crippen molar-refractivity contribution in [2.24, 2.45) is 5.73 Å². The molecule has 0 spiro atoms. The Kier molecular flexibility index (Phi) is 6.98. The molecule has 29 heavy (non-hydrogen) atoms. The van der Waals surface area contributed by atoms with Crippen molar-refractivity contribution >= 4 is 11.7 Å². The van der Waals surface area contributed by atoms with Gasteiger partial charge in [0.25, 0.3) is 0 Å². The zero-order valence-corrected chi connectivity index (χ0v) is 17.1. The first kappa shape index (κ1) is 21.0. The maximum atomic E-state index is 11.2. The molecule has 8 heteroatoms. The highest BCUT2D eigenvalue weighted by atomic mass is 16.5. The van der Waals surface area contributed by atoms with E-state index in [1.54, 1.807) is 30.3 Å². The standard InChI is InChI=1S/C16H19N5O2.C5H10O/c1-21(9-14(17)22)16-11-4-3-5-12(11)19-15(20-16)13-8-10(23-2)6-7-18-13;6-5-3-1-2-4-5/h6-8H,3-5,9H2,1-2H3,(H2,17,22);5-6H,1-4H2. The third kappa shape index (κ3) is 5.41. The summed E-state index contributed by atoms with van der Waals surface area (Å²) >= 11 is 0. The van der Waals surface area contributed by atoms with Crippen LogP contribution in [0.4, 0.5) is 5.82 Å². The van der Waals surface area contributed by atoms with E-state index in [1.165, 1.54) is 12.8 Å². The van der Waals surface area contributed by atoms with Gasteiger partial charge in [-0.2, -0.15) is 0 Å². The Bertz CT molecular complexity index is 852. The molecule has 0 bridgehead atoms. The number of hydrogen-bond acceptors (Lipinski definition) is 7. The number of likely N-dealkylation sites (N-methyl/N-ethyl adjacent to an activating group) is 1. The average Bonchev–Trinajstić information content (AvgIpc) is 3.38. The van der Waals surface area contributed by atoms with Gasteiger partial charge >= 0.3 is 0 Å². The van der Waals surface area contributed by atoms with Crippen LogP contribution in [0.2, 0.25) is 0 Å². The van der Waals surface area contributed by atoms with Crippen molar-refractivity contribution < 1.29 is 14.6 Å². The Morgan fingerprint density at radius 3 is 2.66 bits per heavy atom. The first-order valence-corrected chi connectivity index (χ1v) is 10.1. The Hall–Kier alpha value is -2.74. The number of aromatic nitrogens is 3. The van der Waals surface area contributed by atoms with Crippen molar-refractivity contribution in [3.05, 3.63) is 29.6 Å². The van der Waals surface area contributed by atoms with Crippen molar-refractivity contribution in [1.29, 1.82) is 0 Å². The number of aliphatic hydroxyl groups excluding tert-OH is 1. The van der Waals surface area contributed by atoms with Gasteiger partial charge in [-0.3, -0.25) is 9.78 Å². The number of carbonyl (C=O) groups excluding carboxylic acids is 1. The fraction of sp³-hybridized carbons (Fsp3) is 0.524. The lowest BCUT2D eigenvalue weighted by Crippen LogP contribution is -2.32. The van der Waals surface area contributed by atoms with E-state index in [0.29, 0.717) is 17.3 Å². The van der Waals surface area contributed by atoms with E-state index in [4.69, 9.17) is 15.6 Å². The van der Waals surface area contributed by atoms with Gasteiger partial charge in [0.05, 0.1) is 19.8 Å². The number of anilines is 1. The number of nitrogens with two attached hydrogens (primary N) is 1. The van der Waals surface area contributed by atoms with Gasteiger partial charge in [0.1, 0.15) is 17.3 Å². The summed E-state index contributed by atoms with van der Waals surface area (Å²) in [6.07, 6.45) is 9.13. The molecule has 1 amide bonds. The summed E-state index contributed by atoms with van der Waals surface area (Å²) in [5.41, 5.74) is 8.07. The SMILES string of the molecule is COc1ccnc(-c2nc3c(c(N(C)CC(N)=O)n2)CCC3)c1.OC1CCCC1. The zero-order valence-electron chi connectivity index (χ0n) is 17.1. The molecule has 1 saturated carbocycles. The molecule has 0 aromatic carbocycles. The van der Waals surface area contributed by atoms with Crippen molar-refractivity contribution in [3.8, 4) is 17.3 Å². The van der Waals surface area contributed by atoms with Gasteiger partial charge in [-0.1, -0.05) is 12.8 Å². The number of amides is 1. The molecule has 4 rings (SSSR count). The minimum Gasteiger partial charge on any atom is -0.497 e. The molecule has 0 unspecified atom stereocenters. The van der Waals surface area contributed by atoms with Crippen molar-refractivity contribution in [1.82, 2.24) is 15.0 Å². The smallest absolute Gasteiger partial charge is 0.236 e. The number of fused-ring (bicyclic) bond motifs is 1. The molecule has 0 aliphatic heterocycles. The number of aryl methyl sites for hydroxylation is 1. The average molecular weight is 399 g/mol. The van der Waals surface area contributed by atoms with Crippen LogP contribution in [0.15, 0.2) is 18.3 Å². The topological polar surface area (TPSA) is 114 Å². The number of primary amides is 1. The number of rotatable bonds is 5. The van der Waals surface area contributed by atoms with E-state index in [0.717, 1.165) is 49.2 Å². The third-order valence-corrected chi connectivity index (χ3v) is 5.19. The summed E-state index contributed by atoms with van der Waals surface area (Å²) in [5, 5.41) is 8.73. The van der Waals surface area contributed by atoms with Crippen molar-refractivity contribution in [2.45, 2.75) is 51.0 Å². The fourth-order valence-electron chi connectivity index (χ4n) is 3.72. The van der Waals surface area contributed by atoms with Gasteiger partial charge in [-0.05, 0) is 38.2 Å². The Morgan fingerprint density at radius 1 is 1.28 bits per heavy atom. The summed E-state index contributed by atoms with van der Waals surface area (Å²) in [5.74, 6) is 1.60. The number of carbonyl (C=O) groups is 1. The van der Waals surface area contributed by atoms with Crippen LogP contribution in [-0.2, 0) is 17.6 Å². The fourth-order valence-corrected chi connectivity index (χ4v) is 3.72. The van der Waals surface area contributed by atoms with Gasteiger partial charge in [0.2, 0.25) is 5.91 Å². The van der Waals surface area contributed by atoms with Gasteiger partial charge in [0.15, 0.2) is 5.82 Å². The Balaban J connectivity index is 0.000000343. The summed E-state index contributed by atoms with van der Waals surface area (Å²) in [7, 11) is 3.42. The van der Waals surface area contributed by atoms with Crippen LogP contribution in [0.25, 0.3) is 11.5 Å². The van der Waals surface area contributed by atoms with E-state index in [9.17, 15) is 4.79 Å². The molecule has 2 aromatic heterocycles. The summed E-state index contributed by atoms with van der Waals surface area (Å²) in [4.78, 5) is 26.6. The van der Waals surface area contributed by atoms with Crippen LogP contribution in [-0.4, -0.2) is 52.8 Å². The third-order valence-electron chi connectivity index (χ3n) is 5.19. The summed E-state index contributed by atoms with van der Waals surface area (Å²) in [6, 6.07) is 3.57. The molecule has 0 radical (unpaired) electrons. The van der Waals surface area contributed by atoms with Crippen LogP contribution in [0.3, 0.4) is 0 Å². The normalized spacial score (nSPS) is 15.4. The summed E-state index contributed by atoms with van der Waals surface area (Å²) < 4.78 is 5.23. The monoisotopic (exact) mass is 399 g/mol. The highest BCUT2D eigenvalue weighted by molar-refractivity contribution is 5.79. The van der Waals surface area contributed by atoms with Crippen LogP contribution < -0.4 is 15.4 Å². The number of nitrogens with zero attached hydrogens (tertiary/aromatic N) is 4. The summed E-state index contributed by atoms with van der Waals surface area (Å²) in [6.45, 7) is 0.119. The molecule has 156 valence electrons. The van der Waals surface area contributed by atoms with Gasteiger partial charge < -0.3 is 20.5 Å². The lowest BCUT2D eigenvalue weighted by Gasteiger charge is -2.20. The molecule has 3 N–H and O–H groups in total. The number of aliphatic hydroxyl groups is 1. The number of hydrogen-bond donors (Lipinski definition) is 2.